The van der Waals surface area contributed by atoms with Gasteiger partial charge in [0, 0.05) is 12.1 Å². The van der Waals surface area contributed by atoms with Crippen LogP contribution < -0.4 is 14.2 Å². The maximum atomic E-state index is 13.2. The van der Waals surface area contributed by atoms with Crippen molar-refractivity contribution in [3.05, 3.63) is 59.2 Å². The van der Waals surface area contributed by atoms with Crippen LogP contribution in [-0.4, -0.2) is 74.6 Å². The summed E-state index contributed by atoms with van der Waals surface area (Å²) in [7, 11) is 6.97. The van der Waals surface area contributed by atoms with Gasteiger partial charge in [-0.2, -0.15) is 0 Å². The Hall–Kier alpha value is -3.52. The number of aliphatic hydroxyl groups excluding tert-OH is 1. The number of Topliss-reactive ketones (excluding diaryl/α,β-unsaturated/α-hetero) is 1. The maximum absolute atomic E-state index is 13.2. The molecule has 2 aromatic rings. The molecule has 0 unspecified atom stereocenters. The summed E-state index contributed by atoms with van der Waals surface area (Å²) in [5.74, 6) is 0.112. The molecule has 2 aromatic carbocycles. The van der Waals surface area contributed by atoms with Crippen LogP contribution in [0.5, 0.6) is 17.2 Å². The number of likely N-dealkylation sites (tertiary alicyclic amines) is 1. The molecule has 0 aliphatic carbocycles. The fourth-order valence-electron chi connectivity index (χ4n) is 4.12. The van der Waals surface area contributed by atoms with Crippen LogP contribution >= 0.6 is 0 Å². The molecule has 0 radical (unpaired) electrons. The lowest BCUT2D eigenvalue weighted by Crippen LogP contribution is -2.32. The van der Waals surface area contributed by atoms with E-state index in [0.717, 1.165) is 13.0 Å². The second kappa shape index (κ2) is 11.8. The Morgan fingerprint density at radius 2 is 1.71 bits per heavy atom. The zero-order valence-corrected chi connectivity index (χ0v) is 21.0. The highest BCUT2D eigenvalue weighted by molar-refractivity contribution is 6.46. The number of ether oxygens (including phenoxy) is 3. The number of carbonyl (C=O) groups is 2. The third kappa shape index (κ3) is 5.77. The molecule has 0 bridgehead atoms. The van der Waals surface area contributed by atoms with Gasteiger partial charge in [-0.05, 0) is 75.4 Å². The van der Waals surface area contributed by atoms with Crippen LogP contribution in [0.4, 0.5) is 0 Å². The standard InChI is InChI=1S/C27H34N2O6/c1-6-16-35-20-11-8-18(9-12-20)25(30)23-24(19-10-13-21(33-4)22(17-19)34-5)29(27(32)26(23)31)15-7-14-28(2)3/h8-13,17,24,30H,6-7,14-16H2,1-5H3/b25-23+/t24-/m0/s1. The van der Waals surface area contributed by atoms with E-state index in [1.807, 2.05) is 25.9 Å². The number of methoxy groups -OCH3 is 2. The minimum Gasteiger partial charge on any atom is -0.507 e. The number of hydrogen-bond acceptors (Lipinski definition) is 7. The third-order valence-electron chi connectivity index (χ3n) is 5.87. The molecule has 1 aliphatic heterocycles. The van der Waals surface area contributed by atoms with Gasteiger partial charge in [0.1, 0.15) is 11.5 Å². The molecule has 1 N–H and O–H groups in total. The van der Waals surface area contributed by atoms with E-state index in [2.05, 4.69) is 0 Å². The minimum absolute atomic E-state index is 0.0503. The minimum atomic E-state index is -0.756. The molecule has 8 nitrogen and oxygen atoms in total. The van der Waals surface area contributed by atoms with Gasteiger partial charge in [0.25, 0.3) is 11.7 Å². The zero-order valence-electron chi connectivity index (χ0n) is 21.0. The number of carbonyl (C=O) groups excluding carboxylic acids is 2. The van der Waals surface area contributed by atoms with E-state index in [0.29, 0.717) is 47.9 Å². The highest BCUT2D eigenvalue weighted by Crippen LogP contribution is 2.42. The quantitative estimate of drug-likeness (QED) is 0.296. The predicted octanol–water partition coefficient (Wildman–Crippen LogP) is 3.87. The van der Waals surface area contributed by atoms with Crippen molar-refractivity contribution in [1.29, 1.82) is 0 Å². The lowest BCUT2D eigenvalue weighted by molar-refractivity contribution is -0.139. The van der Waals surface area contributed by atoms with Crippen LogP contribution in [0, 0.1) is 0 Å². The summed E-state index contributed by atoms with van der Waals surface area (Å²) < 4.78 is 16.4. The molecule has 188 valence electrons. The molecule has 1 saturated heterocycles. The molecular formula is C27H34N2O6. The summed E-state index contributed by atoms with van der Waals surface area (Å²) in [4.78, 5) is 29.8. The largest absolute Gasteiger partial charge is 0.507 e. The summed E-state index contributed by atoms with van der Waals surface area (Å²) in [6, 6.07) is 11.3. The van der Waals surface area contributed by atoms with Crippen LogP contribution in [0.25, 0.3) is 5.76 Å². The van der Waals surface area contributed by atoms with E-state index < -0.39 is 17.7 Å². The molecule has 1 aliphatic rings. The SMILES string of the molecule is CCCOc1ccc(/C(O)=C2\C(=O)C(=O)N(CCCN(C)C)[C@H]2c2ccc(OC)c(OC)c2)cc1. The van der Waals surface area contributed by atoms with Crippen molar-refractivity contribution < 1.29 is 28.9 Å². The van der Waals surface area contributed by atoms with Crippen molar-refractivity contribution in [3.8, 4) is 17.2 Å². The fraction of sp³-hybridized carbons (Fsp3) is 0.407. The molecule has 1 heterocycles. The highest BCUT2D eigenvalue weighted by Gasteiger charge is 2.46. The number of benzene rings is 2. The van der Waals surface area contributed by atoms with Gasteiger partial charge in [-0.15, -0.1) is 0 Å². The first kappa shape index (κ1) is 26.1. The summed E-state index contributed by atoms with van der Waals surface area (Å²) in [6.07, 6.45) is 1.55. The van der Waals surface area contributed by atoms with Gasteiger partial charge >= 0.3 is 0 Å². The Morgan fingerprint density at radius 3 is 2.31 bits per heavy atom. The number of rotatable bonds is 11. The molecule has 1 atom stereocenters. The second-order valence-corrected chi connectivity index (χ2v) is 8.64. The normalized spacial score (nSPS) is 17.2. The Morgan fingerprint density at radius 1 is 1.03 bits per heavy atom. The molecular weight excluding hydrogens is 448 g/mol. The zero-order chi connectivity index (χ0) is 25.5. The Kier molecular flexibility index (Phi) is 8.76. The van der Waals surface area contributed by atoms with E-state index in [1.54, 1.807) is 49.6 Å². The summed E-state index contributed by atoms with van der Waals surface area (Å²) >= 11 is 0. The van der Waals surface area contributed by atoms with Crippen molar-refractivity contribution in [2.24, 2.45) is 0 Å². The van der Waals surface area contributed by atoms with Gasteiger partial charge in [0.05, 0.1) is 32.4 Å². The Bertz CT molecular complexity index is 1080. The Balaban J connectivity index is 2.08. The van der Waals surface area contributed by atoms with Gasteiger partial charge in [0.2, 0.25) is 0 Å². The van der Waals surface area contributed by atoms with E-state index in [1.165, 1.54) is 12.0 Å². The second-order valence-electron chi connectivity index (χ2n) is 8.64. The van der Waals surface area contributed by atoms with Crippen LogP contribution in [0.3, 0.4) is 0 Å². The first-order valence-corrected chi connectivity index (χ1v) is 11.7. The number of aliphatic hydroxyl groups is 1. The topological polar surface area (TPSA) is 88.5 Å². The van der Waals surface area contributed by atoms with E-state index in [4.69, 9.17) is 14.2 Å². The van der Waals surface area contributed by atoms with Gasteiger partial charge in [-0.3, -0.25) is 9.59 Å². The molecule has 35 heavy (non-hydrogen) atoms. The molecule has 8 heteroatoms. The Labute approximate surface area is 206 Å². The van der Waals surface area contributed by atoms with E-state index in [9.17, 15) is 14.7 Å². The molecule has 1 amide bonds. The summed E-state index contributed by atoms with van der Waals surface area (Å²) in [5, 5.41) is 11.2. The molecule has 3 rings (SSSR count). The van der Waals surface area contributed by atoms with Crippen molar-refractivity contribution in [1.82, 2.24) is 9.80 Å². The van der Waals surface area contributed by atoms with E-state index >= 15 is 0 Å². The van der Waals surface area contributed by atoms with Gasteiger partial charge in [-0.1, -0.05) is 13.0 Å². The predicted molar refractivity (Wildman–Crippen MR) is 134 cm³/mol. The maximum Gasteiger partial charge on any atom is 0.295 e. The smallest absolute Gasteiger partial charge is 0.295 e. The third-order valence-corrected chi connectivity index (χ3v) is 5.87. The number of amides is 1. The average molecular weight is 483 g/mol. The first-order chi connectivity index (χ1) is 16.8. The van der Waals surface area contributed by atoms with Crippen molar-refractivity contribution in [2.45, 2.75) is 25.8 Å². The monoisotopic (exact) mass is 482 g/mol. The van der Waals surface area contributed by atoms with Gasteiger partial charge in [0.15, 0.2) is 11.5 Å². The average Bonchev–Trinajstić information content (AvgIpc) is 3.11. The molecule has 0 saturated carbocycles. The first-order valence-electron chi connectivity index (χ1n) is 11.7. The van der Waals surface area contributed by atoms with Crippen molar-refractivity contribution in [2.75, 3.05) is 48.0 Å². The van der Waals surface area contributed by atoms with E-state index in [-0.39, 0.29) is 11.3 Å². The molecule has 1 fully saturated rings. The molecule has 0 spiro atoms. The van der Waals surface area contributed by atoms with Crippen molar-refractivity contribution in [3.63, 3.8) is 0 Å². The fourth-order valence-corrected chi connectivity index (χ4v) is 4.12. The lowest BCUT2D eigenvalue weighted by Gasteiger charge is -2.26. The van der Waals surface area contributed by atoms with Crippen molar-refractivity contribution >= 4 is 17.4 Å². The lowest BCUT2D eigenvalue weighted by atomic mass is 9.95. The van der Waals surface area contributed by atoms with Crippen LogP contribution in [-0.2, 0) is 9.59 Å². The van der Waals surface area contributed by atoms with Gasteiger partial charge < -0.3 is 29.1 Å². The van der Waals surface area contributed by atoms with Crippen LogP contribution in [0.2, 0.25) is 0 Å². The summed E-state index contributed by atoms with van der Waals surface area (Å²) in [5.41, 5.74) is 1.14. The number of nitrogens with zero attached hydrogens (tertiary/aromatic N) is 2. The molecule has 0 aromatic heterocycles. The number of ketones is 1. The highest BCUT2D eigenvalue weighted by atomic mass is 16.5. The number of hydrogen-bond donors (Lipinski definition) is 1. The van der Waals surface area contributed by atoms with Gasteiger partial charge in [-0.25, -0.2) is 0 Å². The van der Waals surface area contributed by atoms with Crippen LogP contribution in [0.15, 0.2) is 48.0 Å². The van der Waals surface area contributed by atoms with Crippen LogP contribution in [0.1, 0.15) is 36.9 Å². The summed E-state index contributed by atoms with van der Waals surface area (Å²) in [6.45, 7) is 3.72.